The maximum absolute atomic E-state index is 3.66. The van der Waals surface area contributed by atoms with Gasteiger partial charge in [-0.1, -0.05) is 19.3 Å². The Labute approximate surface area is 81.5 Å². The van der Waals surface area contributed by atoms with E-state index in [0.717, 1.165) is 24.4 Å². The number of hydrogen-bond acceptors (Lipinski definition) is 2. The predicted octanol–water partition coefficient (Wildman–Crippen LogP) is 1.37. The molecule has 0 bridgehead atoms. The summed E-state index contributed by atoms with van der Waals surface area (Å²) in [5, 5.41) is 6.96. The Hall–Kier alpha value is -0.0800. The molecule has 2 heteroatoms. The van der Waals surface area contributed by atoms with Crippen LogP contribution in [0, 0.1) is 11.8 Å². The average Bonchev–Trinajstić information content (AvgIpc) is 2.19. The number of rotatable bonds is 2. The van der Waals surface area contributed by atoms with Crippen LogP contribution in [0.2, 0.25) is 0 Å². The van der Waals surface area contributed by atoms with E-state index in [1.165, 1.54) is 38.6 Å². The summed E-state index contributed by atoms with van der Waals surface area (Å²) in [4.78, 5) is 0. The summed E-state index contributed by atoms with van der Waals surface area (Å²) in [5.74, 6) is 2.00. The van der Waals surface area contributed by atoms with E-state index in [1.807, 2.05) is 0 Å². The molecule has 3 unspecified atom stereocenters. The minimum atomic E-state index is 0.754. The molecule has 2 fully saturated rings. The first-order valence-corrected chi connectivity index (χ1v) is 5.80. The number of nitrogens with one attached hydrogen (secondary N) is 2. The van der Waals surface area contributed by atoms with Crippen LogP contribution in [0.1, 0.15) is 32.1 Å². The highest BCUT2D eigenvalue weighted by Crippen LogP contribution is 2.36. The summed E-state index contributed by atoms with van der Waals surface area (Å²) < 4.78 is 0. The van der Waals surface area contributed by atoms with Crippen LogP contribution in [0.5, 0.6) is 0 Å². The van der Waals surface area contributed by atoms with Gasteiger partial charge in [-0.3, -0.25) is 0 Å². The van der Waals surface area contributed by atoms with E-state index in [4.69, 9.17) is 0 Å². The lowest BCUT2D eigenvalue weighted by Gasteiger charge is -2.42. The van der Waals surface area contributed by atoms with Crippen molar-refractivity contribution in [2.24, 2.45) is 11.8 Å². The van der Waals surface area contributed by atoms with Gasteiger partial charge in [0.05, 0.1) is 0 Å². The summed E-state index contributed by atoms with van der Waals surface area (Å²) in [6.45, 7) is 2.40. The quantitative estimate of drug-likeness (QED) is 0.674. The van der Waals surface area contributed by atoms with Crippen LogP contribution in [-0.2, 0) is 0 Å². The molecular formula is C11H22N2. The topological polar surface area (TPSA) is 24.1 Å². The lowest BCUT2D eigenvalue weighted by molar-refractivity contribution is 0.133. The van der Waals surface area contributed by atoms with Crippen LogP contribution in [0.4, 0.5) is 0 Å². The zero-order valence-corrected chi connectivity index (χ0v) is 8.68. The average molecular weight is 182 g/mol. The molecule has 0 aromatic heterocycles. The van der Waals surface area contributed by atoms with Crippen molar-refractivity contribution in [3.63, 3.8) is 0 Å². The Kier molecular flexibility index (Phi) is 3.23. The summed E-state index contributed by atoms with van der Waals surface area (Å²) in [6, 6.07) is 0.754. The lowest BCUT2D eigenvalue weighted by atomic mass is 9.71. The third kappa shape index (κ3) is 2.05. The first-order valence-electron chi connectivity index (χ1n) is 5.80. The van der Waals surface area contributed by atoms with E-state index in [-0.39, 0.29) is 0 Å². The van der Waals surface area contributed by atoms with Crippen molar-refractivity contribution in [2.45, 2.75) is 38.1 Å². The van der Waals surface area contributed by atoms with Gasteiger partial charge in [0, 0.05) is 12.6 Å². The second-order valence-electron chi connectivity index (χ2n) is 4.62. The van der Waals surface area contributed by atoms with Gasteiger partial charge in [-0.05, 0) is 38.3 Å². The Bertz CT molecular complexity index is 154. The molecule has 0 radical (unpaired) electrons. The van der Waals surface area contributed by atoms with Gasteiger partial charge in [0.1, 0.15) is 0 Å². The predicted molar refractivity (Wildman–Crippen MR) is 55.8 cm³/mol. The third-order valence-corrected chi connectivity index (χ3v) is 3.83. The van der Waals surface area contributed by atoms with Crippen LogP contribution >= 0.6 is 0 Å². The summed E-state index contributed by atoms with van der Waals surface area (Å²) in [7, 11) is 2.06. The second kappa shape index (κ2) is 4.43. The van der Waals surface area contributed by atoms with E-state index in [1.54, 1.807) is 0 Å². The van der Waals surface area contributed by atoms with Gasteiger partial charge in [0.15, 0.2) is 0 Å². The molecule has 0 amide bonds. The van der Waals surface area contributed by atoms with Crippen molar-refractivity contribution in [2.75, 3.05) is 20.1 Å². The fourth-order valence-corrected chi connectivity index (χ4v) is 3.17. The molecular weight excluding hydrogens is 160 g/mol. The maximum Gasteiger partial charge on any atom is 0.0223 e. The van der Waals surface area contributed by atoms with E-state index in [0.29, 0.717) is 0 Å². The fourth-order valence-electron chi connectivity index (χ4n) is 3.17. The molecule has 2 rings (SSSR count). The standard InChI is InChI=1S/C11H22N2/c1-12-8-11-10-5-3-2-4-9(10)6-7-13-11/h9-13H,2-8H2,1H3. The highest BCUT2D eigenvalue weighted by Gasteiger charge is 2.33. The van der Waals surface area contributed by atoms with Gasteiger partial charge in [-0.25, -0.2) is 0 Å². The molecule has 3 atom stereocenters. The van der Waals surface area contributed by atoms with Crippen molar-refractivity contribution >= 4 is 0 Å². The monoisotopic (exact) mass is 182 g/mol. The molecule has 2 aliphatic rings. The number of piperidine rings is 1. The van der Waals surface area contributed by atoms with E-state index in [2.05, 4.69) is 17.7 Å². The van der Waals surface area contributed by atoms with E-state index < -0.39 is 0 Å². The Balaban J connectivity index is 1.94. The molecule has 0 aromatic rings. The first kappa shape index (κ1) is 9.47. The van der Waals surface area contributed by atoms with Crippen molar-refractivity contribution in [3.05, 3.63) is 0 Å². The van der Waals surface area contributed by atoms with Crippen LogP contribution in [0.15, 0.2) is 0 Å². The molecule has 1 saturated carbocycles. The highest BCUT2D eigenvalue weighted by atomic mass is 15.0. The summed E-state index contributed by atoms with van der Waals surface area (Å²) >= 11 is 0. The lowest BCUT2D eigenvalue weighted by Crippen LogP contribution is -2.51. The van der Waals surface area contributed by atoms with Gasteiger partial charge >= 0.3 is 0 Å². The summed E-state index contributed by atoms with van der Waals surface area (Å²) in [5.41, 5.74) is 0. The Morgan fingerprint density at radius 1 is 1.23 bits per heavy atom. The highest BCUT2D eigenvalue weighted by molar-refractivity contribution is 4.90. The first-order chi connectivity index (χ1) is 6.42. The molecule has 2 N–H and O–H groups in total. The normalized spacial score (nSPS) is 39.9. The van der Waals surface area contributed by atoms with Gasteiger partial charge in [-0.2, -0.15) is 0 Å². The van der Waals surface area contributed by atoms with Gasteiger partial charge in [-0.15, -0.1) is 0 Å². The molecule has 1 heterocycles. The van der Waals surface area contributed by atoms with Crippen LogP contribution in [0.25, 0.3) is 0 Å². The molecule has 1 aliphatic carbocycles. The smallest absolute Gasteiger partial charge is 0.0223 e. The van der Waals surface area contributed by atoms with Crippen molar-refractivity contribution in [3.8, 4) is 0 Å². The van der Waals surface area contributed by atoms with Crippen molar-refractivity contribution in [1.82, 2.24) is 10.6 Å². The van der Waals surface area contributed by atoms with Crippen molar-refractivity contribution < 1.29 is 0 Å². The van der Waals surface area contributed by atoms with Crippen LogP contribution in [-0.4, -0.2) is 26.2 Å². The molecule has 1 saturated heterocycles. The van der Waals surface area contributed by atoms with Gasteiger partial charge < -0.3 is 10.6 Å². The van der Waals surface area contributed by atoms with Gasteiger partial charge in [0.25, 0.3) is 0 Å². The molecule has 1 aliphatic heterocycles. The van der Waals surface area contributed by atoms with E-state index in [9.17, 15) is 0 Å². The number of likely N-dealkylation sites (N-methyl/N-ethyl adjacent to an activating group) is 1. The summed E-state index contributed by atoms with van der Waals surface area (Å²) in [6.07, 6.45) is 7.32. The second-order valence-corrected chi connectivity index (χ2v) is 4.62. The van der Waals surface area contributed by atoms with Gasteiger partial charge in [0.2, 0.25) is 0 Å². The molecule has 0 aromatic carbocycles. The number of hydrogen-bond donors (Lipinski definition) is 2. The molecule has 2 nitrogen and oxygen atoms in total. The Morgan fingerprint density at radius 3 is 2.92 bits per heavy atom. The number of fused-ring (bicyclic) bond motifs is 1. The van der Waals surface area contributed by atoms with Crippen LogP contribution in [0.3, 0.4) is 0 Å². The molecule has 76 valence electrons. The molecule has 0 spiro atoms. The zero-order valence-electron chi connectivity index (χ0n) is 8.68. The zero-order chi connectivity index (χ0) is 9.10. The van der Waals surface area contributed by atoms with Crippen LogP contribution < -0.4 is 10.6 Å². The Morgan fingerprint density at radius 2 is 2.08 bits per heavy atom. The molecule has 13 heavy (non-hydrogen) atoms. The largest absolute Gasteiger partial charge is 0.318 e. The van der Waals surface area contributed by atoms with Crippen molar-refractivity contribution in [1.29, 1.82) is 0 Å². The minimum Gasteiger partial charge on any atom is -0.318 e. The fraction of sp³-hybridized carbons (Fsp3) is 1.00. The van der Waals surface area contributed by atoms with E-state index >= 15 is 0 Å². The SMILES string of the molecule is CNCC1NCCC2CCCCC21. The minimum absolute atomic E-state index is 0.754. The third-order valence-electron chi connectivity index (χ3n) is 3.83. The maximum atomic E-state index is 3.66.